The van der Waals surface area contributed by atoms with Gasteiger partial charge in [0.25, 0.3) is 5.91 Å². The number of benzene rings is 2. The second-order valence-corrected chi connectivity index (χ2v) is 5.01. The predicted molar refractivity (Wildman–Crippen MR) is 81.1 cm³/mol. The van der Waals surface area contributed by atoms with Crippen LogP contribution in [-0.4, -0.2) is 21.0 Å². The number of H-pyrrole nitrogens is 1. The molecule has 0 aliphatic heterocycles. The number of aromatic amines is 1. The molecular weight excluding hydrogens is 285 g/mol. The number of hydrogen-bond donors (Lipinski definition) is 3. The summed E-state index contributed by atoms with van der Waals surface area (Å²) < 4.78 is 13.6. The zero-order valence-corrected chi connectivity index (χ0v) is 11.9. The normalized spacial score (nSPS) is 10.9. The standard InChI is InChI=1S/C16H14FN3O2/c1-9-2-3-10(7-21)4-13(9)20-16(22)12-5-11(17)6-14-15(12)19-8-18-14/h2-6,8,21H,7H2,1H3,(H,18,19)(H,20,22). The Labute approximate surface area is 125 Å². The highest BCUT2D eigenvalue weighted by Gasteiger charge is 2.15. The molecule has 3 rings (SSSR count). The second-order valence-electron chi connectivity index (χ2n) is 5.01. The Morgan fingerprint density at radius 2 is 2.18 bits per heavy atom. The summed E-state index contributed by atoms with van der Waals surface area (Å²) >= 11 is 0. The first kappa shape index (κ1) is 14.2. The van der Waals surface area contributed by atoms with E-state index in [0.29, 0.717) is 22.3 Å². The third kappa shape index (κ3) is 2.56. The molecule has 0 fully saturated rings. The summed E-state index contributed by atoms with van der Waals surface area (Å²) in [6.45, 7) is 1.72. The lowest BCUT2D eigenvalue weighted by atomic mass is 10.1. The summed E-state index contributed by atoms with van der Waals surface area (Å²) in [6, 6.07) is 7.71. The maximum atomic E-state index is 13.6. The maximum absolute atomic E-state index is 13.6. The summed E-state index contributed by atoms with van der Waals surface area (Å²) in [7, 11) is 0. The Hall–Kier alpha value is -2.73. The summed E-state index contributed by atoms with van der Waals surface area (Å²) in [4.78, 5) is 19.3. The summed E-state index contributed by atoms with van der Waals surface area (Å²) in [6.07, 6.45) is 1.42. The Morgan fingerprint density at radius 3 is 2.95 bits per heavy atom. The largest absolute Gasteiger partial charge is 0.392 e. The molecule has 112 valence electrons. The highest BCUT2D eigenvalue weighted by atomic mass is 19.1. The van der Waals surface area contributed by atoms with Crippen molar-refractivity contribution in [3.63, 3.8) is 0 Å². The van der Waals surface area contributed by atoms with Gasteiger partial charge in [-0.3, -0.25) is 4.79 Å². The molecule has 2 aromatic carbocycles. The quantitative estimate of drug-likeness (QED) is 0.696. The molecule has 1 heterocycles. The molecule has 3 N–H and O–H groups in total. The number of anilines is 1. The Balaban J connectivity index is 1.98. The first-order valence-electron chi connectivity index (χ1n) is 6.73. The van der Waals surface area contributed by atoms with Crippen molar-refractivity contribution in [2.45, 2.75) is 13.5 Å². The van der Waals surface area contributed by atoms with Crippen molar-refractivity contribution >= 4 is 22.6 Å². The van der Waals surface area contributed by atoms with E-state index in [1.807, 2.05) is 6.92 Å². The van der Waals surface area contributed by atoms with E-state index >= 15 is 0 Å². The number of fused-ring (bicyclic) bond motifs is 1. The number of rotatable bonds is 3. The average molecular weight is 299 g/mol. The van der Waals surface area contributed by atoms with E-state index in [1.54, 1.807) is 18.2 Å². The molecule has 0 atom stereocenters. The van der Waals surface area contributed by atoms with E-state index in [-0.39, 0.29) is 12.2 Å². The molecule has 0 aliphatic rings. The van der Waals surface area contributed by atoms with Crippen LogP contribution in [0.4, 0.5) is 10.1 Å². The van der Waals surface area contributed by atoms with Crippen LogP contribution in [0, 0.1) is 12.7 Å². The van der Waals surface area contributed by atoms with Gasteiger partial charge >= 0.3 is 0 Å². The van der Waals surface area contributed by atoms with Crippen molar-refractivity contribution < 1.29 is 14.3 Å². The zero-order chi connectivity index (χ0) is 15.7. The van der Waals surface area contributed by atoms with Crippen molar-refractivity contribution in [3.8, 4) is 0 Å². The lowest BCUT2D eigenvalue weighted by Gasteiger charge is -2.10. The van der Waals surface area contributed by atoms with Gasteiger partial charge in [-0.15, -0.1) is 0 Å². The van der Waals surface area contributed by atoms with Crippen LogP contribution in [0.25, 0.3) is 11.0 Å². The molecule has 0 radical (unpaired) electrons. The molecule has 6 heteroatoms. The monoisotopic (exact) mass is 299 g/mol. The Morgan fingerprint density at radius 1 is 1.36 bits per heavy atom. The van der Waals surface area contributed by atoms with E-state index in [1.165, 1.54) is 12.4 Å². The number of imidazole rings is 1. The minimum atomic E-state index is -0.511. The highest BCUT2D eigenvalue weighted by molar-refractivity contribution is 6.11. The van der Waals surface area contributed by atoms with Crippen LogP contribution >= 0.6 is 0 Å². The van der Waals surface area contributed by atoms with Crippen LogP contribution in [0.5, 0.6) is 0 Å². The molecular formula is C16H14FN3O2. The van der Waals surface area contributed by atoms with Crippen LogP contribution in [0.15, 0.2) is 36.7 Å². The number of hydrogen-bond acceptors (Lipinski definition) is 3. The molecule has 3 aromatic rings. The van der Waals surface area contributed by atoms with E-state index < -0.39 is 11.7 Å². The van der Waals surface area contributed by atoms with Crippen LogP contribution in [-0.2, 0) is 6.61 Å². The van der Waals surface area contributed by atoms with Crippen LogP contribution in [0.2, 0.25) is 0 Å². The Bertz CT molecular complexity index is 858. The lowest BCUT2D eigenvalue weighted by molar-refractivity contribution is 0.102. The molecule has 0 spiro atoms. The molecule has 0 saturated heterocycles. The number of amides is 1. The maximum Gasteiger partial charge on any atom is 0.258 e. The number of nitrogens with one attached hydrogen (secondary N) is 2. The molecule has 0 bridgehead atoms. The second kappa shape index (κ2) is 5.57. The predicted octanol–water partition coefficient (Wildman–Crippen LogP) is 2.76. The van der Waals surface area contributed by atoms with Crippen LogP contribution < -0.4 is 5.32 Å². The topological polar surface area (TPSA) is 78.0 Å². The van der Waals surface area contributed by atoms with Gasteiger partial charge in [-0.2, -0.15) is 0 Å². The van der Waals surface area contributed by atoms with Crippen molar-refractivity contribution in [2.75, 3.05) is 5.32 Å². The van der Waals surface area contributed by atoms with Gasteiger partial charge in [0.15, 0.2) is 0 Å². The molecule has 1 amide bonds. The molecule has 1 aromatic heterocycles. The summed E-state index contributed by atoms with van der Waals surface area (Å²) in [5, 5.41) is 11.9. The van der Waals surface area contributed by atoms with Gasteiger partial charge in [-0.25, -0.2) is 9.37 Å². The van der Waals surface area contributed by atoms with Gasteiger partial charge in [0.1, 0.15) is 11.3 Å². The van der Waals surface area contributed by atoms with Gasteiger partial charge in [-0.1, -0.05) is 12.1 Å². The van der Waals surface area contributed by atoms with E-state index in [2.05, 4.69) is 15.3 Å². The molecule has 5 nitrogen and oxygen atoms in total. The fraction of sp³-hybridized carbons (Fsp3) is 0.125. The van der Waals surface area contributed by atoms with Gasteiger partial charge < -0.3 is 15.4 Å². The summed E-state index contributed by atoms with van der Waals surface area (Å²) in [5.41, 5.74) is 3.14. The number of aliphatic hydroxyl groups is 1. The first-order valence-corrected chi connectivity index (χ1v) is 6.73. The van der Waals surface area contributed by atoms with Crippen molar-refractivity contribution in [1.29, 1.82) is 0 Å². The van der Waals surface area contributed by atoms with E-state index in [4.69, 9.17) is 0 Å². The minimum absolute atomic E-state index is 0.118. The third-order valence-corrected chi connectivity index (χ3v) is 3.47. The van der Waals surface area contributed by atoms with Gasteiger partial charge in [-0.05, 0) is 36.2 Å². The van der Waals surface area contributed by atoms with Crippen LogP contribution in [0.1, 0.15) is 21.5 Å². The average Bonchev–Trinajstić information content (AvgIpc) is 2.96. The van der Waals surface area contributed by atoms with Gasteiger partial charge in [0.2, 0.25) is 0 Å². The summed E-state index contributed by atoms with van der Waals surface area (Å²) in [5.74, 6) is -0.961. The minimum Gasteiger partial charge on any atom is -0.392 e. The number of aryl methyl sites for hydroxylation is 1. The number of nitrogens with zero attached hydrogens (tertiary/aromatic N) is 1. The first-order chi connectivity index (χ1) is 10.6. The Kier molecular flexibility index (Phi) is 3.60. The molecule has 22 heavy (non-hydrogen) atoms. The highest BCUT2D eigenvalue weighted by Crippen LogP contribution is 2.21. The lowest BCUT2D eigenvalue weighted by Crippen LogP contribution is -2.14. The number of carbonyl (C=O) groups is 1. The van der Waals surface area contributed by atoms with Crippen molar-refractivity contribution in [3.05, 3.63) is 59.2 Å². The molecule has 0 unspecified atom stereocenters. The van der Waals surface area contributed by atoms with E-state index in [0.717, 1.165) is 11.6 Å². The number of aromatic nitrogens is 2. The van der Waals surface area contributed by atoms with E-state index in [9.17, 15) is 14.3 Å². The van der Waals surface area contributed by atoms with Gasteiger partial charge in [0.05, 0.1) is 24.0 Å². The number of halogens is 1. The third-order valence-electron chi connectivity index (χ3n) is 3.47. The van der Waals surface area contributed by atoms with Crippen molar-refractivity contribution in [2.24, 2.45) is 0 Å². The van der Waals surface area contributed by atoms with Crippen molar-refractivity contribution in [1.82, 2.24) is 9.97 Å². The number of aliphatic hydroxyl groups excluding tert-OH is 1. The fourth-order valence-electron chi connectivity index (χ4n) is 2.28. The molecule has 0 saturated carbocycles. The number of carbonyl (C=O) groups excluding carboxylic acids is 1. The fourth-order valence-corrected chi connectivity index (χ4v) is 2.28. The van der Waals surface area contributed by atoms with Gasteiger partial charge in [0, 0.05) is 5.69 Å². The van der Waals surface area contributed by atoms with Crippen LogP contribution in [0.3, 0.4) is 0 Å². The zero-order valence-electron chi connectivity index (χ0n) is 11.9. The SMILES string of the molecule is Cc1ccc(CO)cc1NC(=O)c1cc(F)cc2[nH]cnc12. The molecule has 0 aliphatic carbocycles. The smallest absolute Gasteiger partial charge is 0.258 e.